The van der Waals surface area contributed by atoms with Crippen molar-refractivity contribution in [3.8, 4) is 0 Å². The number of hydrogen-bond donors (Lipinski definition) is 3. The Morgan fingerprint density at radius 2 is 1.04 bits per heavy atom. The molecule has 276 valence electrons. The Labute approximate surface area is 294 Å². The van der Waals surface area contributed by atoms with Crippen LogP contribution in [0.5, 0.6) is 0 Å². The molecule has 5 heteroatoms. The molecule has 0 bridgehead atoms. The highest BCUT2D eigenvalue weighted by molar-refractivity contribution is 5.11. The number of fused-ring (bicyclic) bond motifs is 10. The van der Waals surface area contributed by atoms with Crippen molar-refractivity contribution >= 4 is 0 Å². The number of hydrogen-bond acceptors (Lipinski definition) is 5. The standard InChI is InChI=1S/C20H34O2.C19H32O2.C4H8O/c1-19(21)8-6-15-13(11-19)4-5-17-16(15)7-9-20(2)14(12-22-3)10-18(17)20;1-18(21)7-5-14-12(10-18)3-4-16-15(14)6-8-19(2)13(11-20)9-17(16)19;1-2-4-5-3-1/h13-18,21H,4-12H2,1-3H3;12-17,20-21H,3-11H2,1-2H3;1-4H2/t13?,14-,15+,16-,17-,18+,19-,20-;12?,13-,14+,15-,16-,17+,18-,19-;/m11./s1. The van der Waals surface area contributed by atoms with Crippen molar-refractivity contribution in [2.75, 3.05) is 33.5 Å². The van der Waals surface area contributed by atoms with Gasteiger partial charge >= 0.3 is 0 Å². The molecule has 1 saturated heterocycles. The van der Waals surface area contributed by atoms with Gasteiger partial charge in [-0.15, -0.1) is 0 Å². The van der Waals surface area contributed by atoms with Crippen LogP contribution in [0.25, 0.3) is 0 Å². The van der Waals surface area contributed by atoms with Gasteiger partial charge in [0.1, 0.15) is 0 Å². The molecule has 9 aliphatic rings. The Morgan fingerprint density at radius 1 is 0.583 bits per heavy atom. The first-order valence-corrected chi connectivity index (χ1v) is 21.0. The third kappa shape index (κ3) is 6.62. The number of rotatable bonds is 3. The van der Waals surface area contributed by atoms with Crippen molar-refractivity contribution in [1.82, 2.24) is 0 Å². The normalized spacial score (nSPS) is 54.8. The van der Waals surface area contributed by atoms with Crippen LogP contribution in [0.2, 0.25) is 0 Å². The zero-order valence-electron chi connectivity index (χ0n) is 31.6. The monoisotopic (exact) mass is 671 g/mol. The quantitative estimate of drug-likeness (QED) is 0.280. The second-order valence-electron chi connectivity index (χ2n) is 20.3. The Kier molecular flexibility index (Phi) is 10.5. The highest BCUT2D eigenvalue weighted by Gasteiger charge is 2.62. The van der Waals surface area contributed by atoms with Crippen molar-refractivity contribution < 1.29 is 24.8 Å². The first kappa shape index (κ1) is 36.2. The van der Waals surface area contributed by atoms with E-state index in [0.29, 0.717) is 23.4 Å². The predicted molar refractivity (Wildman–Crippen MR) is 192 cm³/mol. The average Bonchev–Trinajstić information content (AvgIpc) is 3.63. The van der Waals surface area contributed by atoms with Crippen LogP contribution in [0.3, 0.4) is 0 Å². The van der Waals surface area contributed by atoms with Crippen molar-refractivity contribution in [2.24, 2.45) is 81.8 Å². The average molecular weight is 671 g/mol. The molecule has 0 aromatic carbocycles. The summed E-state index contributed by atoms with van der Waals surface area (Å²) in [6.07, 6.45) is 23.1. The molecule has 0 aromatic rings. The maximum Gasteiger partial charge on any atom is 0.0622 e. The molecule has 16 atom stereocenters. The van der Waals surface area contributed by atoms with Gasteiger partial charge in [-0.2, -0.15) is 0 Å². The number of aliphatic hydroxyl groups is 3. The van der Waals surface area contributed by atoms with Crippen LogP contribution in [-0.2, 0) is 9.47 Å². The summed E-state index contributed by atoms with van der Waals surface area (Å²) >= 11 is 0. The summed E-state index contributed by atoms with van der Waals surface area (Å²) in [6, 6.07) is 0. The molecule has 9 fully saturated rings. The van der Waals surface area contributed by atoms with Gasteiger partial charge in [0.25, 0.3) is 0 Å². The summed E-state index contributed by atoms with van der Waals surface area (Å²) in [4.78, 5) is 0. The lowest BCUT2D eigenvalue weighted by molar-refractivity contribution is -0.178. The summed E-state index contributed by atoms with van der Waals surface area (Å²) in [5.74, 6) is 10.5. The van der Waals surface area contributed by atoms with Gasteiger partial charge in [-0.05, 0) is 211 Å². The van der Waals surface area contributed by atoms with Crippen LogP contribution in [0.15, 0.2) is 0 Å². The van der Waals surface area contributed by atoms with Crippen molar-refractivity contribution in [2.45, 2.75) is 154 Å². The van der Waals surface area contributed by atoms with E-state index in [1.54, 1.807) is 0 Å². The zero-order chi connectivity index (χ0) is 33.9. The molecule has 0 amide bonds. The fourth-order valence-electron chi connectivity index (χ4n) is 14.8. The lowest BCUT2D eigenvalue weighted by Gasteiger charge is -2.65. The Hall–Kier alpha value is -0.200. The molecule has 0 radical (unpaired) electrons. The smallest absolute Gasteiger partial charge is 0.0622 e. The van der Waals surface area contributed by atoms with E-state index in [-0.39, 0.29) is 5.60 Å². The minimum atomic E-state index is -0.393. The first-order valence-electron chi connectivity index (χ1n) is 21.0. The molecule has 5 nitrogen and oxygen atoms in total. The van der Waals surface area contributed by atoms with E-state index in [0.717, 1.165) is 111 Å². The maximum atomic E-state index is 10.4. The third-order valence-corrected chi connectivity index (χ3v) is 17.7. The van der Waals surface area contributed by atoms with Gasteiger partial charge < -0.3 is 24.8 Å². The molecule has 1 heterocycles. The van der Waals surface area contributed by atoms with Crippen LogP contribution >= 0.6 is 0 Å². The van der Waals surface area contributed by atoms with E-state index in [1.807, 2.05) is 14.0 Å². The Bertz CT molecular complexity index is 1080. The van der Waals surface area contributed by atoms with Crippen LogP contribution in [-0.4, -0.2) is 60.1 Å². The minimum Gasteiger partial charge on any atom is -0.396 e. The van der Waals surface area contributed by atoms with Gasteiger partial charge in [-0.3, -0.25) is 0 Å². The lowest BCUT2D eigenvalue weighted by atomic mass is 9.40. The largest absolute Gasteiger partial charge is 0.396 e. The van der Waals surface area contributed by atoms with Gasteiger partial charge in [0.2, 0.25) is 0 Å². The van der Waals surface area contributed by atoms with Gasteiger partial charge in [-0.1, -0.05) is 13.8 Å². The molecule has 8 aliphatic carbocycles. The predicted octanol–water partition coefficient (Wildman–Crippen LogP) is 8.67. The van der Waals surface area contributed by atoms with Gasteiger partial charge in [0.05, 0.1) is 11.2 Å². The highest BCUT2D eigenvalue weighted by atomic mass is 16.5. The number of methoxy groups -OCH3 is 1. The van der Waals surface area contributed by atoms with Crippen molar-refractivity contribution in [1.29, 1.82) is 0 Å². The summed E-state index contributed by atoms with van der Waals surface area (Å²) < 4.78 is 10.4. The van der Waals surface area contributed by atoms with Crippen LogP contribution in [0.1, 0.15) is 143 Å². The molecule has 9 rings (SSSR count). The molecule has 0 aromatic heterocycles. The second-order valence-corrected chi connectivity index (χ2v) is 20.3. The van der Waals surface area contributed by atoms with E-state index in [2.05, 4.69) is 20.8 Å². The van der Waals surface area contributed by atoms with E-state index < -0.39 is 5.60 Å². The van der Waals surface area contributed by atoms with Gasteiger partial charge in [0.15, 0.2) is 0 Å². The van der Waals surface area contributed by atoms with Crippen LogP contribution < -0.4 is 0 Å². The molecule has 3 N–H and O–H groups in total. The summed E-state index contributed by atoms with van der Waals surface area (Å²) in [6.45, 7) is 12.5. The van der Waals surface area contributed by atoms with E-state index >= 15 is 0 Å². The van der Waals surface area contributed by atoms with Crippen molar-refractivity contribution in [3.05, 3.63) is 0 Å². The van der Waals surface area contributed by atoms with E-state index in [1.165, 1.54) is 89.9 Å². The fourth-order valence-corrected chi connectivity index (χ4v) is 14.8. The van der Waals surface area contributed by atoms with Crippen LogP contribution in [0.4, 0.5) is 0 Å². The summed E-state index contributed by atoms with van der Waals surface area (Å²) in [5, 5.41) is 30.4. The summed E-state index contributed by atoms with van der Waals surface area (Å²) in [7, 11) is 1.86. The van der Waals surface area contributed by atoms with E-state index in [4.69, 9.17) is 9.47 Å². The molecular weight excluding hydrogens is 596 g/mol. The van der Waals surface area contributed by atoms with E-state index in [9.17, 15) is 15.3 Å². The molecule has 1 aliphatic heterocycles. The molecule has 0 spiro atoms. The lowest BCUT2D eigenvalue weighted by Crippen LogP contribution is -2.59. The Morgan fingerprint density at radius 3 is 1.48 bits per heavy atom. The van der Waals surface area contributed by atoms with Crippen molar-refractivity contribution in [3.63, 3.8) is 0 Å². The van der Waals surface area contributed by atoms with Gasteiger partial charge in [-0.25, -0.2) is 0 Å². The molecule has 2 unspecified atom stereocenters. The maximum absolute atomic E-state index is 10.4. The number of aliphatic hydroxyl groups excluding tert-OH is 1. The Balaban J connectivity index is 0.000000133. The minimum absolute atomic E-state index is 0.378. The third-order valence-electron chi connectivity index (χ3n) is 17.7. The zero-order valence-corrected chi connectivity index (χ0v) is 31.6. The number of ether oxygens (including phenoxy) is 2. The summed E-state index contributed by atoms with van der Waals surface area (Å²) in [5.41, 5.74) is 0.250. The molecular formula is C43H74O5. The van der Waals surface area contributed by atoms with Gasteiger partial charge in [0, 0.05) is 33.5 Å². The SMILES string of the molecule is C1CCOC1.COC[C@H]1C[C@H]2[C@@H]3CCC4C[C@](C)(O)CC[C@@H]4[C@H]3CC[C@]12C.C[C@@]1(O)CC[C@H]2C(CC[C@@H]3[C@@H]2CC[C@]2(C)[C@@H](CO)C[C@@H]32)C1. The fraction of sp³-hybridized carbons (Fsp3) is 1.00. The second kappa shape index (κ2) is 14.0. The first-order chi connectivity index (χ1) is 22.9. The molecule has 8 saturated carbocycles. The van der Waals surface area contributed by atoms with Crippen LogP contribution in [0, 0.1) is 81.8 Å². The molecule has 48 heavy (non-hydrogen) atoms. The topological polar surface area (TPSA) is 79.2 Å². The highest BCUT2D eigenvalue weighted by Crippen LogP contribution is 2.68.